The third-order valence-electron chi connectivity index (χ3n) is 3.05. The van der Waals surface area contributed by atoms with Gasteiger partial charge in [0.05, 0.1) is 12.1 Å². The number of aromatic nitrogens is 1. The van der Waals surface area contributed by atoms with Crippen molar-refractivity contribution < 1.29 is 4.74 Å². The fourth-order valence-electron chi connectivity index (χ4n) is 1.97. The van der Waals surface area contributed by atoms with Gasteiger partial charge < -0.3 is 10.1 Å². The van der Waals surface area contributed by atoms with Crippen LogP contribution >= 0.6 is 11.3 Å². The number of hydrogen-bond donors (Lipinski definition) is 1. The SMILES string of the molecule is CNC(Cc1nccs1)c1ccc(C)c(OC)c1. The minimum absolute atomic E-state index is 0.269. The molecule has 0 fully saturated rings. The fraction of sp³-hybridized carbons (Fsp3) is 0.357. The highest BCUT2D eigenvalue weighted by Crippen LogP contribution is 2.25. The first kappa shape index (κ1) is 13.1. The Kier molecular flexibility index (Phi) is 4.33. The van der Waals surface area contributed by atoms with Crippen molar-refractivity contribution in [1.82, 2.24) is 10.3 Å². The average molecular weight is 262 g/mol. The van der Waals surface area contributed by atoms with Crippen molar-refractivity contribution in [2.75, 3.05) is 14.2 Å². The zero-order valence-electron chi connectivity index (χ0n) is 10.9. The van der Waals surface area contributed by atoms with Crippen molar-refractivity contribution in [3.8, 4) is 5.75 Å². The Bertz CT molecular complexity index is 497. The van der Waals surface area contributed by atoms with Crippen LogP contribution in [0.2, 0.25) is 0 Å². The summed E-state index contributed by atoms with van der Waals surface area (Å²) in [6.45, 7) is 2.05. The summed E-state index contributed by atoms with van der Waals surface area (Å²) in [4.78, 5) is 4.34. The largest absolute Gasteiger partial charge is 0.496 e. The third kappa shape index (κ3) is 2.89. The molecule has 0 saturated carbocycles. The van der Waals surface area contributed by atoms with Crippen LogP contribution in [0.25, 0.3) is 0 Å². The van der Waals surface area contributed by atoms with Gasteiger partial charge in [-0.1, -0.05) is 12.1 Å². The highest BCUT2D eigenvalue weighted by atomic mass is 32.1. The highest BCUT2D eigenvalue weighted by molar-refractivity contribution is 7.09. The van der Waals surface area contributed by atoms with Crippen LogP contribution in [-0.2, 0) is 6.42 Å². The van der Waals surface area contributed by atoms with Crippen LogP contribution in [0.1, 0.15) is 22.2 Å². The standard InChI is InChI=1S/C14H18N2OS/c1-10-4-5-11(8-13(10)17-3)12(15-2)9-14-16-6-7-18-14/h4-8,12,15H,9H2,1-3H3. The highest BCUT2D eigenvalue weighted by Gasteiger charge is 2.13. The van der Waals surface area contributed by atoms with Crippen LogP contribution in [-0.4, -0.2) is 19.1 Å². The topological polar surface area (TPSA) is 34.2 Å². The lowest BCUT2D eigenvalue weighted by Crippen LogP contribution is -2.18. The summed E-state index contributed by atoms with van der Waals surface area (Å²) in [6.07, 6.45) is 2.75. The first-order valence-electron chi connectivity index (χ1n) is 5.94. The molecule has 0 aliphatic rings. The molecule has 1 heterocycles. The van der Waals surface area contributed by atoms with Gasteiger partial charge in [0.25, 0.3) is 0 Å². The summed E-state index contributed by atoms with van der Waals surface area (Å²) in [5.74, 6) is 0.937. The molecule has 3 nitrogen and oxygen atoms in total. The number of benzene rings is 1. The van der Waals surface area contributed by atoms with Crippen LogP contribution in [0.5, 0.6) is 5.75 Å². The summed E-state index contributed by atoms with van der Waals surface area (Å²) >= 11 is 1.69. The van der Waals surface area contributed by atoms with Crippen molar-refractivity contribution in [3.05, 3.63) is 45.9 Å². The zero-order valence-corrected chi connectivity index (χ0v) is 11.8. The van der Waals surface area contributed by atoms with Gasteiger partial charge in [0.2, 0.25) is 0 Å². The van der Waals surface area contributed by atoms with Crippen molar-refractivity contribution in [2.24, 2.45) is 0 Å². The Balaban J connectivity index is 2.21. The van der Waals surface area contributed by atoms with E-state index < -0.39 is 0 Å². The molecule has 18 heavy (non-hydrogen) atoms. The van der Waals surface area contributed by atoms with Gasteiger partial charge >= 0.3 is 0 Å². The van der Waals surface area contributed by atoms with Gasteiger partial charge in [0, 0.05) is 24.0 Å². The van der Waals surface area contributed by atoms with Gasteiger partial charge in [-0.05, 0) is 31.2 Å². The number of methoxy groups -OCH3 is 1. The normalized spacial score (nSPS) is 12.4. The number of hydrogen-bond acceptors (Lipinski definition) is 4. The van der Waals surface area contributed by atoms with E-state index in [1.165, 1.54) is 5.56 Å². The van der Waals surface area contributed by atoms with Crippen LogP contribution in [0.15, 0.2) is 29.8 Å². The lowest BCUT2D eigenvalue weighted by atomic mass is 10.0. The van der Waals surface area contributed by atoms with E-state index in [-0.39, 0.29) is 6.04 Å². The summed E-state index contributed by atoms with van der Waals surface area (Å²) < 4.78 is 5.37. The molecule has 0 aliphatic carbocycles. The summed E-state index contributed by atoms with van der Waals surface area (Å²) in [7, 11) is 3.69. The van der Waals surface area contributed by atoms with Gasteiger partial charge in [-0.3, -0.25) is 0 Å². The van der Waals surface area contributed by atoms with E-state index in [1.807, 2.05) is 18.6 Å². The maximum Gasteiger partial charge on any atom is 0.122 e. The van der Waals surface area contributed by atoms with Crippen LogP contribution < -0.4 is 10.1 Å². The Labute approximate surface area is 112 Å². The number of likely N-dealkylation sites (N-methyl/N-ethyl adjacent to an activating group) is 1. The zero-order chi connectivity index (χ0) is 13.0. The van der Waals surface area contributed by atoms with Crippen LogP contribution in [0.4, 0.5) is 0 Å². The maximum atomic E-state index is 5.37. The summed E-state index contributed by atoms with van der Waals surface area (Å²) in [5, 5.41) is 6.50. The van der Waals surface area contributed by atoms with Gasteiger partial charge in [-0.2, -0.15) is 0 Å². The molecule has 0 radical (unpaired) electrons. The second-order valence-electron chi connectivity index (χ2n) is 4.20. The molecule has 0 saturated heterocycles. The predicted molar refractivity (Wildman–Crippen MR) is 75.3 cm³/mol. The Morgan fingerprint density at radius 1 is 1.44 bits per heavy atom. The minimum Gasteiger partial charge on any atom is -0.496 e. The Morgan fingerprint density at radius 3 is 2.89 bits per heavy atom. The van der Waals surface area contributed by atoms with E-state index in [9.17, 15) is 0 Å². The summed E-state index contributed by atoms with van der Waals surface area (Å²) in [5.41, 5.74) is 2.39. The second-order valence-corrected chi connectivity index (χ2v) is 5.18. The van der Waals surface area contributed by atoms with E-state index >= 15 is 0 Å². The van der Waals surface area contributed by atoms with E-state index in [2.05, 4.69) is 35.4 Å². The molecule has 1 N–H and O–H groups in total. The molecule has 2 rings (SSSR count). The third-order valence-corrected chi connectivity index (χ3v) is 3.85. The molecule has 0 bridgehead atoms. The molecule has 1 aromatic heterocycles. The lowest BCUT2D eigenvalue weighted by molar-refractivity contribution is 0.410. The number of nitrogens with one attached hydrogen (secondary N) is 1. The van der Waals surface area contributed by atoms with Gasteiger partial charge in [0.1, 0.15) is 5.75 Å². The quantitative estimate of drug-likeness (QED) is 0.899. The van der Waals surface area contributed by atoms with Gasteiger partial charge in [-0.15, -0.1) is 11.3 Å². The number of nitrogens with zero attached hydrogens (tertiary/aromatic N) is 1. The van der Waals surface area contributed by atoms with Crippen molar-refractivity contribution in [1.29, 1.82) is 0 Å². The van der Waals surface area contributed by atoms with Crippen LogP contribution in [0, 0.1) is 6.92 Å². The first-order valence-corrected chi connectivity index (χ1v) is 6.82. The molecule has 0 aliphatic heterocycles. The second kappa shape index (κ2) is 5.98. The monoisotopic (exact) mass is 262 g/mol. The first-order chi connectivity index (χ1) is 8.74. The van der Waals surface area contributed by atoms with Crippen molar-refractivity contribution >= 4 is 11.3 Å². The molecule has 4 heteroatoms. The Hall–Kier alpha value is -1.39. The molecule has 96 valence electrons. The average Bonchev–Trinajstić information content (AvgIpc) is 2.89. The molecule has 1 unspecified atom stereocenters. The van der Waals surface area contributed by atoms with Crippen LogP contribution in [0.3, 0.4) is 0 Å². The maximum absolute atomic E-state index is 5.37. The van der Waals surface area contributed by atoms with Crippen molar-refractivity contribution in [2.45, 2.75) is 19.4 Å². The van der Waals surface area contributed by atoms with Crippen molar-refractivity contribution in [3.63, 3.8) is 0 Å². The molecule has 0 spiro atoms. The number of thiazole rings is 1. The van der Waals surface area contributed by atoms with E-state index in [1.54, 1.807) is 18.4 Å². The van der Waals surface area contributed by atoms with E-state index in [4.69, 9.17) is 4.74 Å². The van der Waals surface area contributed by atoms with Gasteiger partial charge in [0.15, 0.2) is 0 Å². The number of rotatable bonds is 5. The number of ether oxygens (including phenoxy) is 1. The minimum atomic E-state index is 0.269. The molecule has 1 atom stereocenters. The Morgan fingerprint density at radius 2 is 2.28 bits per heavy atom. The van der Waals surface area contributed by atoms with E-state index in [0.29, 0.717) is 0 Å². The van der Waals surface area contributed by atoms with Gasteiger partial charge in [-0.25, -0.2) is 4.98 Å². The molecular formula is C14H18N2OS. The molecular weight excluding hydrogens is 244 g/mol. The summed E-state index contributed by atoms with van der Waals surface area (Å²) in [6, 6.07) is 6.61. The molecule has 1 aromatic carbocycles. The van der Waals surface area contributed by atoms with E-state index in [0.717, 1.165) is 22.7 Å². The fourth-order valence-corrected chi connectivity index (χ4v) is 2.63. The molecule has 2 aromatic rings. The lowest BCUT2D eigenvalue weighted by Gasteiger charge is -2.17. The number of aryl methyl sites for hydroxylation is 1. The predicted octanol–water partition coefficient (Wildman–Crippen LogP) is 2.96. The smallest absolute Gasteiger partial charge is 0.122 e. The molecule has 0 amide bonds.